The van der Waals surface area contributed by atoms with Gasteiger partial charge in [-0.3, -0.25) is 9.59 Å². The zero-order valence-electron chi connectivity index (χ0n) is 12.8. The molecule has 0 aliphatic carbocycles. The van der Waals surface area contributed by atoms with E-state index in [1.807, 2.05) is 6.92 Å². The molecule has 5 nitrogen and oxygen atoms in total. The Morgan fingerprint density at radius 3 is 2.30 bits per heavy atom. The Labute approximate surface area is 140 Å². The van der Waals surface area contributed by atoms with Crippen LogP contribution in [0.15, 0.2) is 48.7 Å². The minimum atomic E-state index is -0.157. The Bertz CT molecular complexity index is 659. The summed E-state index contributed by atoms with van der Waals surface area (Å²) in [6.07, 6.45) is 2.13. The van der Waals surface area contributed by atoms with Gasteiger partial charge in [0, 0.05) is 29.7 Å². The number of carbonyl (C=O) groups is 2. The Morgan fingerprint density at radius 1 is 1.04 bits per heavy atom. The van der Waals surface area contributed by atoms with Crippen molar-refractivity contribution in [1.29, 1.82) is 0 Å². The normalized spacial score (nSPS) is 11.6. The molecule has 1 unspecified atom stereocenters. The Morgan fingerprint density at radius 2 is 1.70 bits per heavy atom. The zero-order chi connectivity index (χ0) is 16.7. The molecular weight excluding hydrogens is 314 g/mol. The smallest absolute Gasteiger partial charge is 0.225 e. The molecular formula is C17H18ClN3O2. The third-order valence-corrected chi connectivity index (χ3v) is 3.38. The van der Waals surface area contributed by atoms with Gasteiger partial charge in [-0.05, 0) is 42.3 Å². The third kappa shape index (κ3) is 6.08. The quantitative estimate of drug-likeness (QED) is 0.847. The van der Waals surface area contributed by atoms with Crippen LogP contribution in [0.25, 0.3) is 0 Å². The highest BCUT2D eigenvalue weighted by Gasteiger charge is 2.14. The number of nitrogens with one attached hydrogen (secondary N) is 2. The Hall–Kier alpha value is -2.40. The Kier molecular flexibility index (Phi) is 6.11. The Balaban J connectivity index is 1.77. The van der Waals surface area contributed by atoms with Crippen LogP contribution in [0.4, 0.5) is 11.5 Å². The highest BCUT2D eigenvalue weighted by atomic mass is 35.5. The maximum atomic E-state index is 12.0. The molecule has 6 heteroatoms. The van der Waals surface area contributed by atoms with Crippen molar-refractivity contribution in [3.63, 3.8) is 0 Å². The van der Waals surface area contributed by atoms with E-state index in [-0.39, 0.29) is 30.6 Å². The van der Waals surface area contributed by atoms with Gasteiger partial charge < -0.3 is 10.6 Å². The maximum Gasteiger partial charge on any atom is 0.225 e. The van der Waals surface area contributed by atoms with Crippen LogP contribution < -0.4 is 10.6 Å². The highest BCUT2D eigenvalue weighted by Crippen LogP contribution is 2.15. The molecule has 2 N–H and O–H groups in total. The number of anilines is 2. The number of hydrogen-bond donors (Lipinski definition) is 2. The summed E-state index contributed by atoms with van der Waals surface area (Å²) in [5, 5.41) is 6.10. The molecule has 0 radical (unpaired) electrons. The summed E-state index contributed by atoms with van der Waals surface area (Å²) in [6, 6.07) is 12.2. The fraction of sp³-hybridized carbons (Fsp3) is 0.235. The molecule has 120 valence electrons. The second kappa shape index (κ2) is 8.29. The number of hydrogen-bond acceptors (Lipinski definition) is 3. The molecule has 0 bridgehead atoms. The molecule has 2 amide bonds. The van der Waals surface area contributed by atoms with Crippen LogP contribution in [0.3, 0.4) is 0 Å². The van der Waals surface area contributed by atoms with E-state index >= 15 is 0 Å². The monoisotopic (exact) mass is 331 g/mol. The maximum absolute atomic E-state index is 12.0. The van der Waals surface area contributed by atoms with Gasteiger partial charge in [-0.2, -0.15) is 0 Å². The number of pyridine rings is 1. The predicted octanol–water partition coefficient (Wildman–Crippen LogP) is 3.73. The van der Waals surface area contributed by atoms with Crippen molar-refractivity contribution in [2.45, 2.75) is 19.8 Å². The number of aromatic nitrogens is 1. The van der Waals surface area contributed by atoms with Crippen molar-refractivity contribution >= 4 is 34.9 Å². The summed E-state index contributed by atoms with van der Waals surface area (Å²) in [5.74, 6) is 0.141. The first-order valence-corrected chi connectivity index (χ1v) is 7.67. The molecule has 1 atom stereocenters. The van der Waals surface area contributed by atoms with Crippen molar-refractivity contribution in [2.24, 2.45) is 5.92 Å². The molecule has 0 fully saturated rings. The molecule has 0 aliphatic heterocycles. The summed E-state index contributed by atoms with van der Waals surface area (Å²) >= 11 is 5.79. The summed E-state index contributed by atoms with van der Waals surface area (Å²) in [7, 11) is 0. The van der Waals surface area contributed by atoms with E-state index in [0.717, 1.165) is 0 Å². The van der Waals surface area contributed by atoms with Crippen LogP contribution in [0, 0.1) is 5.92 Å². The summed E-state index contributed by atoms with van der Waals surface area (Å²) in [5.41, 5.74) is 0.685. The predicted molar refractivity (Wildman–Crippen MR) is 91.3 cm³/mol. The molecule has 0 spiro atoms. The molecule has 2 rings (SSSR count). The van der Waals surface area contributed by atoms with E-state index in [9.17, 15) is 9.59 Å². The lowest BCUT2D eigenvalue weighted by atomic mass is 10.0. The fourth-order valence-electron chi connectivity index (χ4n) is 2.08. The van der Waals surface area contributed by atoms with Crippen LogP contribution in [0.5, 0.6) is 0 Å². The van der Waals surface area contributed by atoms with E-state index in [1.165, 1.54) is 0 Å². The van der Waals surface area contributed by atoms with E-state index < -0.39 is 0 Å². The second-order valence-corrected chi connectivity index (χ2v) is 5.77. The number of carbonyl (C=O) groups excluding carboxylic acids is 2. The van der Waals surface area contributed by atoms with Crippen molar-refractivity contribution in [2.75, 3.05) is 10.6 Å². The summed E-state index contributed by atoms with van der Waals surface area (Å²) < 4.78 is 0. The third-order valence-electron chi connectivity index (χ3n) is 3.13. The number of benzene rings is 1. The first-order chi connectivity index (χ1) is 11.0. The van der Waals surface area contributed by atoms with Gasteiger partial charge >= 0.3 is 0 Å². The van der Waals surface area contributed by atoms with Gasteiger partial charge in [0.25, 0.3) is 0 Å². The SMILES string of the molecule is CC(CC(=O)Nc1ccc(Cl)cc1)CC(=O)Nc1ccccn1. The van der Waals surface area contributed by atoms with Crippen LogP contribution in [-0.4, -0.2) is 16.8 Å². The van der Waals surface area contributed by atoms with E-state index in [4.69, 9.17) is 11.6 Å². The largest absolute Gasteiger partial charge is 0.326 e. The molecule has 0 saturated carbocycles. The summed E-state index contributed by atoms with van der Waals surface area (Å²) in [6.45, 7) is 1.86. The molecule has 1 heterocycles. The molecule has 23 heavy (non-hydrogen) atoms. The van der Waals surface area contributed by atoms with Gasteiger partial charge in [0.2, 0.25) is 11.8 Å². The van der Waals surface area contributed by atoms with Crippen molar-refractivity contribution in [3.05, 3.63) is 53.7 Å². The average Bonchev–Trinajstić information content (AvgIpc) is 2.50. The van der Waals surface area contributed by atoms with E-state index in [2.05, 4.69) is 15.6 Å². The second-order valence-electron chi connectivity index (χ2n) is 5.33. The lowest BCUT2D eigenvalue weighted by Crippen LogP contribution is -2.20. The van der Waals surface area contributed by atoms with Crippen LogP contribution in [0.1, 0.15) is 19.8 Å². The van der Waals surface area contributed by atoms with E-state index in [1.54, 1.807) is 48.7 Å². The lowest BCUT2D eigenvalue weighted by Gasteiger charge is -2.11. The molecule has 0 aliphatic rings. The van der Waals surface area contributed by atoms with Crippen LogP contribution in [-0.2, 0) is 9.59 Å². The van der Waals surface area contributed by atoms with Gasteiger partial charge in [0.05, 0.1) is 0 Å². The topological polar surface area (TPSA) is 71.1 Å². The summed E-state index contributed by atoms with van der Waals surface area (Å²) in [4.78, 5) is 27.9. The zero-order valence-corrected chi connectivity index (χ0v) is 13.5. The number of nitrogens with zero attached hydrogens (tertiary/aromatic N) is 1. The van der Waals surface area contributed by atoms with E-state index in [0.29, 0.717) is 16.5 Å². The minimum Gasteiger partial charge on any atom is -0.326 e. The van der Waals surface area contributed by atoms with Gasteiger partial charge in [0.15, 0.2) is 0 Å². The lowest BCUT2D eigenvalue weighted by molar-refractivity contribution is -0.118. The van der Waals surface area contributed by atoms with Crippen molar-refractivity contribution in [3.8, 4) is 0 Å². The molecule has 1 aromatic heterocycles. The fourth-order valence-corrected chi connectivity index (χ4v) is 2.21. The number of halogens is 1. The minimum absolute atomic E-state index is 0.0778. The van der Waals surface area contributed by atoms with Gasteiger partial charge in [-0.1, -0.05) is 24.6 Å². The van der Waals surface area contributed by atoms with Gasteiger partial charge in [0.1, 0.15) is 5.82 Å². The van der Waals surface area contributed by atoms with Crippen LogP contribution >= 0.6 is 11.6 Å². The average molecular weight is 332 g/mol. The first kappa shape index (κ1) is 17.0. The number of amides is 2. The van der Waals surface area contributed by atoms with Crippen molar-refractivity contribution in [1.82, 2.24) is 4.98 Å². The number of rotatable bonds is 6. The first-order valence-electron chi connectivity index (χ1n) is 7.29. The van der Waals surface area contributed by atoms with Crippen LogP contribution in [0.2, 0.25) is 5.02 Å². The van der Waals surface area contributed by atoms with Gasteiger partial charge in [-0.25, -0.2) is 4.98 Å². The molecule has 1 aromatic carbocycles. The standard InChI is InChI=1S/C17H18ClN3O2/c1-12(11-17(23)21-15-4-2-3-9-19-15)10-16(22)20-14-7-5-13(18)6-8-14/h2-9,12H,10-11H2,1H3,(H,20,22)(H,19,21,23). The molecule has 2 aromatic rings. The van der Waals surface area contributed by atoms with Gasteiger partial charge in [-0.15, -0.1) is 0 Å². The highest BCUT2D eigenvalue weighted by molar-refractivity contribution is 6.30. The van der Waals surface area contributed by atoms with Crippen molar-refractivity contribution < 1.29 is 9.59 Å². The molecule has 0 saturated heterocycles.